The molecule has 2 aliphatic heterocycles. The highest BCUT2D eigenvalue weighted by Crippen LogP contribution is 2.41. The molecule has 0 spiro atoms. The SMILES string of the molecule is NC(=O)c1cccnc1CC1OC(c2ccccc2)OC2C(CO)OC(c3ccccc3)OC12. The number of nitrogens with two attached hydrogens (primary N) is 1. The van der Waals surface area contributed by atoms with Gasteiger partial charge in [0.05, 0.1) is 24.0 Å². The van der Waals surface area contributed by atoms with Crippen LogP contribution in [0.1, 0.15) is 39.8 Å². The number of aromatic nitrogens is 1. The Morgan fingerprint density at radius 1 is 0.794 bits per heavy atom. The number of hydrogen-bond acceptors (Lipinski definition) is 7. The Balaban J connectivity index is 1.50. The van der Waals surface area contributed by atoms with E-state index in [4.69, 9.17) is 24.7 Å². The number of carbonyl (C=O) groups excluding carboxylic acids is 1. The van der Waals surface area contributed by atoms with Gasteiger partial charge in [0.2, 0.25) is 0 Å². The lowest BCUT2D eigenvalue weighted by molar-refractivity contribution is -0.384. The summed E-state index contributed by atoms with van der Waals surface area (Å²) in [5.41, 5.74) is 8.07. The maximum Gasteiger partial charge on any atom is 0.250 e. The quantitative estimate of drug-likeness (QED) is 0.579. The van der Waals surface area contributed by atoms with Crippen molar-refractivity contribution in [3.05, 3.63) is 101 Å². The molecule has 6 unspecified atom stereocenters. The summed E-state index contributed by atoms with van der Waals surface area (Å²) >= 11 is 0. The maximum absolute atomic E-state index is 12.0. The normalized spacial score (nSPS) is 28.7. The molecule has 1 aromatic heterocycles. The highest BCUT2D eigenvalue weighted by molar-refractivity contribution is 5.93. The van der Waals surface area contributed by atoms with Crippen LogP contribution in [0.3, 0.4) is 0 Å². The van der Waals surface area contributed by atoms with Crippen LogP contribution >= 0.6 is 0 Å². The summed E-state index contributed by atoms with van der Waals surface area (Å²) in [5.74, 6) is -0.561. The second-order valence-corrected chi connectivity index (χ2v) is 8.28. The van der Waals surface area contributed by atoms with Crippen LogP contribution in [-0.4, -0.2) is 47.0 Å². The van der Waals surface area contributed by atoms with Crippen molar-refractivity contribution >= 4 is 5.91 Å². The van der Waals surface area contributed by atoms with Crippen LogP contribution in [-0.2, 0) is 25.4 Å². The van der Waals surface area contributed by atoms with Gasteiger partial charge in [-0.3, -0.25) is 9.78 Å². The van der Waals surface area contributed by atoms with Crippen LogP contribution in [0.5, 0.6) is 0 Å². The number of aliphatic hydroxyl groups excluding tert-OH is 1. The smallest absolute Gasteiger partial charge is 0.250 e. The van der Waals surface area contributed by atoms with Crippen molar-refractivity contribution in [3.8, 4) is 0 Å². The predicted octanol–water partition coefficient (Wildman–Crippen LogP) is 2.68. The molecule has 8 nitrogen and oxygen atoms in total. The van der Waals surface area contributed by atoms with Gasteiger partial charge in [0.25, 0.3) is 5.91 Å². The molecule has 3 aromatic rings. The number of pyridine rings is 1. The molecular formula is C26H26N2O6. The number of ether oxygens (including phenoxy) is 4. The lowest BCUT2D eigenvalue weighted by Crippen LogP contribution is -2.59. The second-order valence-electron chi connectivity index (χ2n) is 8.28. The van der Waals surface area contributed by atoms with E-state index in [2.05, 4.69) is 4.98 Å². The van der Waals surface area contributed by atoms with Gasteiger partial charge in [-0.1, -0.05) is 60.7 Å². The first kappa shape index (κ1) is 22.6. The van der Waals surface area contributed by atoms with Gasteiger partial charge in [0.15, 0.2) is 12.6 Å². The van der Waals surface area contributed by atoms with Gasteiger partial charge in [-0.05, 0) is 12.1 Å². The summed E-state index contributed by atoms with van der Waals surface area (Å²) in [4.78, 5) is 16.4. The zero-order chi connectivity index (χ0) is 23.5. The fourth-order valence-electron chi connectivity index (χ4n) is 4.44. The number of carbonyl (C=O) groups is 1. The van der Waals surface area contributed by atoms with Gasteiger partial charge in [0, 0.05) is 23.7 Å². The summed E-state index contributed by atoms with van der Waals surface area (Å²) in [7, 11) is 0. The van der Waals surface area contributed by atoms with Crippen molar-refractivity contribution in [2.24, 2.45) is 5.73 Å². The molecule has 2 aromatic carbocycles. The Kier molecular flexibility index (Phi) is 6.66. The van der Waals surface area contributed by atoms with Gasteiger partial charge in [0.1, 0.15) is 18.3 Å². The zero-order valence-electron chi connectivity index (χ0n) is 18.4. The molecule has 176 valence electrons. The van der Waals surface area contributed by atoms with Crippen LogP contribution in [0.15, 0.2) is 79.0 Å². The number of aliphatic hydroxyl groups is 1. The second kappa shape index (κ2) is 10.0. The first-order valence-corrected chi connectivity index (χ1v) is 11.2. The van der Waals surface area contributed by atoms with Gasteiger partial charge in [-0.25, -0.2) is 0 Å². The molecular weight excluding hydrogens is 436 g/mol. The largest absolute Gasteiger partial charge is 0.394 e. The highest BCUT2D eigenvalue weighted by atomic mass is 16.8. The van der Waals surface area contributed by atoms with Crippen molar-refractivity contribution in [1.29, 1.82) is 0 Å². The maximum atomic E-state index is 12.0. The molecule has 0 radical (unpaired) electrons. The highest BCUT2D eigenvalue weighted by Gasteiger charge is 2.50. The fraction of sp³-hybridized carbons (Fsp3) is 0.308. The van der Waals surface area contributed by atoms with E-state index in [9.17, 15) is 9.90 Å². The van der Waals surface area contributed by atoms with E-state index in [1.165, 1.54) is 0 Å². The summed E-state index contributed by atoms with van der Waals surface area (Å²) in [6.45, 7) is -0.252. The Morgan fingerprint density at radius 3 is 1.91 bits per heavy atom. The number of primary amides is 1. The monoisotopic (exact) mass is 462 g/mol. The van der Waals surface area contributed by atoms with Crippen molar-refractivity contribution in [2.75, 3.05) is 6.61 Å². The summed E-state index contributed by atoms with van der Waals surface area (Å²) in [6, 6.07) is 22.3. The third-order valence-corrected chi connectivity index (χ3v) is 6.09. The van der Waals surface area contributed by atoms with E-state index in [1.807, 2.05) is 60.7 Å². The van der Waals surface area contributed by atoms with Gasteiger partial charge < -0.3 is 29.8 Å². The fourth-order valence-corrected chi connectivity index (χ4v) is 4.44. The molecule has 0 aliphatic carbocycles. The molecule has 0 saturated carbocycles. The average Bonchev–Trinajstić information content (AvgIpc) is 2.89. The Bertz CT molecular complexity index is 1110. The number of rotatable bonds is 6. The van der Waals surface area contributed by atoms with E-state index in [0.717, 1.165) is 11.1 Å². The number of hydrogen-bond donors (Lipinski definition) is 2. The number of nitrogens with zero attached hydrogens (tertiary/aromatic N) is 1. The first-order valence-electron chi connectivity index (χ1n) is 11.2. The van der Waals surface area contributed by atoms with Crippen LogP contribution in [0.25, 0.3) is 0 Å². The lowest BCUT2D eigenvalue weighted by Gasteiger charge is -2.49. The molecule has 8 heteroatoms. The third kappa shape index (κ3) is 4.59. The molecule has 5 rings (SSSR count). The molecule has 3 N–H and O–H groups in total. The number of amides is 1. The van der Waals surface area contributed by atoms with Crippen molar-refractivity contribution < 1.29 is 28.8 Å². The summed E-state index contributed by atoms with van der Waals surface area (Å²) in [5, 5.41) is 10.2. The van der Waals surface area contributed by atoms with Gasteiger partial charge >= 0.3 is 0 Å². The Labute approximate surface area is 197 Å². The molecule has 0 bridgehead atoms. The van der Waals surface area contributed by atoms with Crippen molar-refractivity contribution in [1.82, 2.24) is 4.98 Å². The van der Waals surface area contributed by atoms with E-state index in [1.54, 1.807) is 18.3 Å². The molecule has 34 heavy (non-hydrogen) atoms. The molecule has 1 amide bonds. The van der Waals surface area contributed by atoms with E-state index in [0.29, 0.717) is 11.3 Å². The van der Waals surface area contributed by atoms with Crippen LogP contribution in [0, 0.1) is 0 Å². The van der Waals surface area contributed by atoms with Crippen molar-refractivity contribution in [3.63, 3.8) is 0 Å². The van der Waals surface area contributed by atoms with Gasteiger partial charge in [-0.15, -0.1) is 0 Å². The van der Waals surface area contributed by atoms with Gasteiger partial charge in [-0.2, -0.15) is 0 Å². The van der Waals surface area contributed by atoms with Crippen molar-refractivity contribution in [2.45, 2.75) is 43.4 Å². The Hall–Kier alpha value is -3.14. The molecule has 6 atom stereocenters. The van der Waals surface area contributed by atoms with Crippen LogP contribution in [0.2, 0.25) is 0 Å². The zero-order valence-corrected chi connectivity index (χ0v) is 18.4. The van der Waals surface area contributed by atoms with E-state index < -0.39 is 42.9 Å². The minimum absolute atomic E-state index is 0.252. The summed E-state index contributed by atoms with van der Waals surface area (Å²) in [6.07, 6.45) is -1.89. The average molecular weight is 463 g/mol. The lowest BCUT2D eigenvalue weighted by atomic mass is 9.94. The van der Waals surface area contributed by atoms with E-state index >= 15 is 0 Å². The molecule has 3 heterocycles. The first-order chi connectivity index (χ1) is 16.6. The number of fused-ring (bicyclic) bond motifs is 1. The van der Waals surface area contributed by atoms with E-state index in [-0.39, 0.29) is 13.0 Å². The molecule has 2 aliphatic rings. The molecule has 2 saturated heterocycles. The minimum Gasteiger partial charge on any atom is -0.394 e. The molecule has 2 fully saturated rings. The number of benzene rings is 2. The minimum atomic E-state index is -0.707. The topological polar surface area (TPSA) is 113 Å². The standard InChI is InChI=1S/C26H26N2O6/c27-24(30)18-12-7-13-28-19(18)14-20-22-23(34-25(31-20)16-8-3-1-4-9-16)21(15-29)32-26(33-22)17-10-5-2-6-11-17/h1-13,20-23,25-26,29H,14-15H2,(H2,27,30). The predicted molar refractivity (Wildman–Crippen MR) is 121 cm³/mol. The van der Waals surface area contributed by atoms with Crippen LogP contribution in [0.4, 0.5) is 0 Å². The third-order valence-electron chi connectivity index (χ3n) is 6.09. The van der Waals surface area contributed by atoms with Crippen LogP contribution < -0.4 is 5.73 Å². The Morgan fingerprint density at radius 2 is 1.35 bits per heavy atom. The summed E-state index contributed by atoms with van der Waals surface area (Å²) < 4.78 is 25.1.